The van der Waals surface area contributed by atoms with E-state index in [2.05, 4.69) is 22.1 Å². The molecule has 1 amide bonds. The minimum absolute atomic E-state index is 0.0981. The molecule has 0 radical (unpaired) electrons. The van der Waals surface area contributed by atoms with Crippen molar-refractivity contribution in [1.29, 1.82) is 0 Å². The van der Waals surface area contributed by atoms with Gasteiger partial charge in [-0.2, -0.15) is 0 Å². The largest absolute Gasteiger partial charge is 0.382 e. The third kappa shape index (κ3) is 2.52. The summed E-state index contributed by atoms with van der Waals surface area (Å²) in [4.78, 5) is 19.0. The lowest BCUT2D eigenvalue weighted by Crippen LogP contribution is -2.26. The van der Waals surface area contributed by atoms with Crippen LogP contribution in [-0.4, -0.2) is 36.1 Å². The Morgan fingerprint density at radius 2 is 2.32 bits per heavy atom. The Hall–Kier alpha value is -1.34. The van der Waals surface area contributed by atoms with Crippen LogP contribution < -0.4 is 21.7 Å². The number of carbonyl (C=O) groups is 1. The third-order valence-electron chi connectivity index (χ3n) is 3.77. The summed E-state index contributed by atoms with van der Waals surface area (Å²) in [5, 5.41) is 3.79. The first kappa shape index (κ1) is 12.7. The number of thiazole rings is 1. The minimum atomic E-state index is -0.0981. The monoisotopic (exact) mass is 281 g/mol. The quantitative estimate of drug-likeness (QED) is 0.745. The van der Waals surface area contributed by atoms with Crippen LogP contribution in [0.15, 0.2) is 0 Å². The number of hydrogen-bond donors (Lipinski definition) is 3. The molecule has 1 aliphatic heterocycles. The number of aromatic nitrogens is 1. The Bertz CT molecular complexity index is 502. The van der Waals surface area contributed by atoms with E-state index in [1.54, 1.807) is 0 Å². The fourth-order valence-corrected chi connectivity index (χ4v) is 3.26. The number of nitrogens with zero attached hydrogens (tertiary/aromatic N) is 2. The molecular formula is C12H19N5OS. The van der Waals surface area contributed by atoms with Crippen molar-refractivity contribution in [3.8, 4) is 0 Å². The molecule has 104 valence electrons. The van der Waals surface area contributed by atoms with Crippen molar-refractivity contribution in [3.63, 3.8) is 0 Å². The highest BCUT2D eigenvalue weighted by molar-refractivity contribution is 7.18. The molecule has 3 atom stereocenters. The molecule has 1 aromatic rings. The molecule has 1 saturated carbocycles. The van der Waals surface area contributed by atoms with Gasteiger partial charge in [0.15, 0.2) is 5.13 Å². The van der Waals surface area contributed by atoms with E-state index in [4.69, 9.17) is 11.5 Å². The fraction of sp³-hybridized carbons (Fsp3) is 0.667. The lowest BCUT2D eigenvalue weighted by atomic mass is 10.3. The standard InChI is InChI=1S/C12H19N5OS/c1-6-4-8(6)15-11(18)9-10(14)16-12(19-9)17-3-2-7(13)5-17/h6-8H,2-5,13-14H2,1H3,(H,15,18). The van der Waals surface area contributed by atoms with Gasteiger partial charge in [0.2, 0.25) is 0 Å². The average molecular weight is 281 g/mol. The Morgan fingerprint density at radius 1 is 1.58 bits per heavy atom. The molecule has 7 heteroatoms. The highest BCUT2D eigenvalue weighted by Gasteiger charge is 2.35. The molecule has 0 bridgehead atoms. The number of nitrogen functional groups attached to an aromatic ring is 1. The van der Waals surface area contributed by atoms with Crippen molar-refractivity contribution in [1.82, 2.24) is 10.3 Å². The zero-order valence-corrected chi connectivity index (χ0v) is 11.7. The number of anilines is 2. The molecule has 2 heterocycles. The van der Waals surface area contributed by atoms with Crippen molar-refractivity contribution in [2.75, 3.05) is 23.7 Å². The summed E-state index contributed by atoms with van der Waals surface area (Å²) in [6.07, 6.45) is 2.01. The van der Waals surface area contributed by atoms with Gasteiger partial charge >= 0.3 is 0 Å². The van der Waals surface area contributed by atoms with Crippen LogP contribution in [0.5, 0.6) is 0 Å². The molecule has 6 nitrogen and oxygen atoms in total. The Labute approximate surface area is 116 Å². The molecule has 5 N–H and O–H groups in total. The fourth-order valence-electron chi connectivity index (χ4n) is 2.34. The number of hydrogen-bond acceptors (Lipinski definition) is 6. The van der Waals surface area contributed by atoms with E-state index in [9.17, 15) is 4.79 Å². The van der Waals surface area contributed by atoms with Gasteiger partial charge < -0.3 is 21.7 Å². The van der Waals surface area contributed by atoms with E-state index >= 15 is 0 Å². The molecule has 1 aromatic heterocycles. The lowest BCUT2D eigenvalue weighted by molar-refractivity contribution is 0.0954. The summed E-state index contributed by atoms with van der Waals surface area (Å²) in [7, 11) is 0. The molecule has 2 aliphatic rings. The molecule has 2 fully saturated rings. The first-order valence-corrected chi connectivity index (χ1v) is 7.44. The van der Waals surface area contributed by atoms with Gasteiger partial charge in [-0.3, -0.25) is 4.79 Å². The number of carbonyl (C=O) groups excluding carboxylic acids is 1. The number of amides is 1. The maximum absolute atomic E-state index is 12.1. The second-order valence-electron chi connectivity index (χ2n) is 5.50. The van der Waals surface area contributed by atoms with Gasteiger partial charge in [0.1, 0.15) is 10.7 Å². The van der Waals surface area contributed by atoms with E-state index in [1.807, 2.05) is 0 Å². The van der Waals surface area contributed by atoms with E-state index < -0.39 is 0 Å². The van der Waals surface area contributed by atoms with Gasteiger partial charge in [0.25, 0.3) is 5.91 Å². The summed E-state index contributed by atoms with van der Waals surface area (Å²) in [5.74, 6) is 0.805. The van der Waals surface area contributed by atoms with E-state index in [0.717, 1.165) is 31.1 Å². The van der Waals surface area contributed by atoms with Gasteiger partial charge in [0, 0.05) is 25.2 Å². The predicted octanol–water partition coefficient (Wildman–Crippen LogP) is 0.401. The van der Waals surface area contributed by atoms with Gasteiger partial charge in [-0.15, -0.1) is 0 Å². The van der Waals surface area contributed by atoms with Crippen LogP contribution in [-0.2, 0) is 0 Å². The second-order valence-corrected chi connectivity index (χ2v) is 6.48. The van der Waals surface area contributed by atoms with Gasteiger partial charge in [-0.05, 0) is 18.8 Å². The van der Waals surface area contributed by atoms with Crippen LogP contribution >= 0.6 is 11.3 Å². The smallest absolute Gasteiger partial charge is 0.265 e. The predicted molar refractivity (Wildman–Crippen MR) is 76.4 cm³/mol. The molecule has 1 aliphatic carbocycles. The van der Waals surface area contributed by atoms with Crippen LogP contribution in [0.25, 0.3) is 0 Å². The van der Waals surface area contributed by atoms with Crippen molar-refractivity contribution >= 4 is 28.2 Å². The van der Waals surface area contributed by atoms with Crippen molar-refractivity contribution in [2.24, 2.45) is 11.7 Å². The highest BCUT2D eigenvalue weighted by atomic mass is 32.1. The SMILES string of the molecule is CC1CC1NC(=O)c1sc(N2CCC(N)C2)nc1N. The summed E-state index contributed by atoms with van der Waals surface area (Å²) < 4.78 is 0. The molecule has 19 heavy (non-hydrogen) atoms. The number of nitrogens with one attached hydrogen (secondary N) is 1. The first-order chi connectivity index (χ1) is 9.04. The number of nitrogens with two attached hydrogens (primary N) is 2. The maximum atomic E-state index is 12.1. The van der Waals surface area contributed by atoms with Crippen molar-refractivity contribution < 1.29 is 4.79 Å². The summed E-state index contributed by atoms with van der Waals surface area (Å²) >= 11 is 1.36. The van der Waals surface area contributed by atoms with Crippen LogP contribution in [0.3, 0.4) is 0 Å². The van der Waals surface area contributed by atoms with Crippen LogP contribution in [0, 0.1) is 5.92 Å². The Kier molecular flexibility index (Phi) is 3.10. The molecule has 3 unspecified atom stereocenters. The Balaban J connectivity index is 1.71. The summed E-state index contributed by atoms with van der Waals surface area (Å²) in [6, 6.07) is 0.493. The lowest BCUT2D eigenvalue weighted by Gasteiger charge is -2.12. The van der Waals surface area contributed by atoms with Gasteiger partial charge in [0.05, 0.1) is 0 Å². The topological polar surface area (TPSA) is 97.3 Å². The molecular weight excluding hydrogens is 262 g/mol. The van der Waals surface area contributed by atoms with Gasteiger partial charge in [-0.1, -0.05) is 18.3 Å². The molecule has 3 rings (SSSR count). The van der Waals surface area contributed by atoms with Crippen LogP contribution in [0.1, 0.15) is 29.4 Å². The molecule has 1 saturated heterocycles. The zero-order chi connectivity index (χ0) is 13.6. The number of rotatable bonds is 3. The minimum Gasteiger partial charge on any atom is -0.382 e. The van der Waals surface area contributed by atoms with E-state index in [-0.39, 0.29) is 11.9 Å². The third-order valence-corrected chi connectivity index (χ3v) is 4.90. The Morgan fingerprint density at radius 3 is 2.89 bits per heavy atom. The highest BCUT2D eigenvalue weighted by Crippen LogP contribution is 2.33. The molecule has 0 spiro atoms. The van der Waals surface area contributed by atoms with Crippen molar-refractivity contribution in [2.45, 2.75) is 31.8 Å². The normalized spacial score (nSPS) is 29.6. The second kappa shape index (κ2) is 4.64. The zero-order valence-electron chi connectivity index (χ0n) is 10.9. The van der Waals surface area contributed by atoms with Gasteiger partial charge in [-0.25, -0.2) is 4.98 Å². The average Bonchev–Trinajstić information content (AvgIpc) is 2.79. The molecule has 0 aromatic carbocycles. The maximum Gasteiger partial charge on any atom is 0.265 e. The summed E-state index contributed by atoms with van der Waals surface area (Å²) in [5.41, 5.74) is 11.7. The van der Waals surface area contributed by atoms with E-state index in [1.165, 1.54) is 11.3 Å². The summed E-state index contributed by atoms with van der Waals surface area (Å²) in [6.45, 7) is 3.79. The van der Waals surface area contributed by atoms with Crippen molar-refractivity contribution in [3.05, 3.63) is 4.88 Å². The first-order valence-electron chi connectivity index (χ1n) is 6.62. The van der Waals surface area contributed by atoms with Crippen LogP contribution in [0.4, 0.5) is 10.9 Å². The van der Waals surface area contributed by atoms with E-state index in [0.29, 0.717) is 22.7 Å². The van der Waals surface area contributed by atoms with Crippen LogP contribution in [0.2, 0.25) is 0 Å².